The maximum Gasteiger partial charge on any atom is 0.134 e. The molecular formula is C21H24F4. The number of hydrogen-bond donors (Lipinski definition) is 0. The first kappa shape index (κ1) is 19.5. The fourth-order valence-corrected chi connectivity index (χ4v) is 2.92. The summed E-state index contributed by atoms with van der Waals surface area (Å²) in [6, 6.07) is 6.86. The van der Waals surface area contributed by atoms with Gasteiger partial charge >= 0.3 is 0 Å². The van der Waals surface area contributed by atoms with Crippen molar-refractivity contribution in [2.75, 3.05) is 6.67 Å². The van der Waals surface area contributed by atoms with E-state index in [1.807, 2.05) is 0 Å². The molecule has 0 radical (unpaired) electrons. The van der Waals surface area contributed by atoms with Crippen LogP contribution in [-0.2, 0) is 6.42 Å². The lowest BCUT2D eigenvalue weighted by molar-refractivity contribution is 0.450. The highest BCUT2D eigenvalue weighted by molar-refractivity contribution is 5.65. The third-order valence-corrected chi connectivity index (χ3v) is 4.41. The Labute approximate surface area is 146 Å². The van der Waals surface area contributed by atoms with Crippen LogP contribution in [0.5, 0.6) is 0 Å². The predicted molar refractivity (Wildman–Crippen MR) is 93.9 cm³/mol. The lowest BCUT2D eigenvalue weighted by atomic mass is 9.98. The minimum absolute atomic E-state index is 0.186. The van der Waals surface area contributed by atoms with Gasteiger partial charge in [0.15, 0.2) is 0 Å². The zero-order valence-corrected chi connectivity index (χ0v) is 14.6. The van der Waals surface area contributed by atoms with Gasteiger partial charge in [-0.1, -0.05) is 37.8 Å². The van der Waals surface area contributed by atoms with Crippen molar-refractivity contribution in [3.05, 3.63) is 58.9 Å². The minimum Gasteiger partial charge on any atom is -0.251 e. The standard InChI is InChI=1S/C21H24F4/c1-15-9-10-17(14-18(15)23)21-19(24)12-16(13-20(21)25)8-6-4-2-3-5-7-11-22/h9-10,12-14H,2-8,11H2,1H3. The van der Waals surface area contributed by atoms with Gasteiger partial charge in [0, 0.05) is 0 Å². The Morgan fingerprint density at radius 1 is 0.720 bits per heavy atom. The maximum absolute atomic E-state index is 14.3. The predicted octanol–water partition coefficient (Wildman–Crippen LogP) is 6.93. The molecule has 0 saturated heterocycles. The first-order valence-corrected chi connectivity index (χ1v) is 8.83. The van der Waals surface area contributed by atoms with Gasteiger partial charge in [0.1, 0.15) is 17.5 Å². The number of alkyl halides is 1. The molecule has 2 rings (SSSR count). The van der Waals surface area contributed by atoms with Crippen molar-refractivity contribution >= 4 is 0 Å². The lowest BCUT2D eigenvalue weighted by Gasteiger charge is -2.10. The van der Waals surface area contributed by atoms with Crippen molar-refractivity contribution in [1.29, 1.82) is 0 Å². The average molecular weight is 352 g/mol. The summed E-state index contributed by atoms with van der Waals surface area (Å²) in [6.07, 6.45) is 5.89. The summed E-state index contributed by atoms with van der Waals surface area (Å²) in [5.74, 6) is -1.81. The lowest BCUT2D eigenvalue weighted by Crippen LogP contribution is -1.96. The Morgan fingerprint density at radius 3 is 1.92 bits per heavy atom. The molecule has 0 heterocycles. The first-order chi connectivity index (χ1) is 12.0. The third kappa shape index (κ3) is 5.58. The molecule has 0 aliphatic carbocycles. The van der Waals surface area contributed by atoms with E-state index < -0.39 is 17.5 Å². The Kier molecular flexibility index (Phi) is 7.48. The van der Waals surface area contributed by atoms with Crippen LogP contribution < -0.4 is 0 Å². The molecule has 0 bridgehead atoms. The Hall–Kier alpha value is -1.84. The van der Waals surface area contributed by atoms with Gasteiger partial charge in [0.25, 0.3) is 0 Å². The molecule has 0 spiro atoms. The second-order valence-corrected chi connectivity index (χ2v) is 6.46. The number of rotatable bonds is 9. The van der Waals surface area contributed by atoms with E-state index in [4.69, 9.17) is 0 Å². The summed E-state index contributed by atoms with van der Waals surface area (Å²) in [5.41, 5.74) is 1.06. The molecule has 0 unspecified atom stereocenters. The Bertz CT molecular complexity index is 671. The van der Waals surface area contributed by atoms with Gasteiger partial charge in [-0.25, -0.2) is 13.2 Å². The SMILES string of the molecule is Cc1ccc(-c2c(F)cc(CCCCCCCCF)cc2F)cc1F. The highest BCUT2D eigenvalue weighted by atomic mass is 19.1. The number of unbranched alkanes of at least 4 members (excludes halogenated alkanes) is 5. The van der Waals surface area contributed by atoms with Gasteiger partial charge in [0.05, 0.1) is 12.2 Å². The monoisotopic (exact) mass is 352 g/mol. The summed E-state index contributed by atoms with van der Waals surface area (Å²) < 4.78 is 54.3. The second kappa shape index (κ2) is 9.59. The van der Waals surface area contributed by atoms with Crippen molar-refractivity contribution in [2.24, 2.45) is 0 Å². The largest absolute Gasteiger partial charge is 0.251 e. The van der Waals surface area contributed by atoms with E-state index in [9.17, 15) is 17.6 Å². The molecule has 2 aromatic carbocycles. The van der Waals surface area contributed by atoms with Gasteiger partial charge in [0.2, 0.25) is 0 Å². The van der Waals surface area contributed by atoms with Gasteiger partial charge in [-0.15, -0.1) is 0 Å². The smallest absolute Gasteiger partial charge is 0.134 e. The third-order valence-electron chi connectivity index (χ3n) is 4.41. The van der Waals surface area contributed by atoms with Crippen LogP contribution in [0.2, 0.25) is 0 Å². The molecule has 0 aromatic heterocycles. The molecule has 0 aliphatic heterocycles. The topological polar surface area (TPSA) is 0 Å². The van der Waals surface area contributed by atoms with Crippen molar-refractivity contribution in [2.45, 2.75) is 51.9 Å². The zero-order chi connectivity index (χ0) is 18.2. The van der Waals surface area contributed by atoms with E-state index >= 15 is 0 Å². The van der Waals surface area contributed by atoms with Crippen LogP contribution in [0.25, 0.3) is 11.1 Å². The number of halogens is 4. The molecule has 136 valence electrons. The van der Waals surface area contributed by atoms with Crippen LogP contribution in [0, 0.1) is 24.4 Å². The molecule has 2 aromatic rings. The van der Waals surface area contributed by atoms with E-state index in [0.717, 1.165) is 38.2 Å². The molecule has 25 heavy (non-hydrogen) atoms. The summed E-state index contributed by atoms with van der Waals surface area (Å²) in [6.45, 7) is 1.34. The molecule has 0 aliphatic rings. The molecule has 0 saturated carbocycles. The van der Waals surface area contributed by atoms with Crippen LogP contribution in [0.15, 0.2) is 30.3 Å². The van der Waals surface area contributed by atoms with E-state index in [2.05, 4.69) is 0 Å². The maximum atomic E-state index is 14.3. The van der Waals surface area contributed by atoms with Crippen molar-refractivity contribution in [3.63, 3.8) is 0 Å². The minimum atomic E-state index is -0.666. The van der Waals surface area contributed by atoms with E-state index in [-0.39, 0.29) is 17.8 Å². The summed E-state index contributed by atoms with van der Waals surface area (Å²) >= 11 is 0. The van der Waals surface area contributed by atoms with Crippen molar-refractivity contribution < 1.29 is 17.6 Å². The number of benzene rings is 2. The van der Waals surface area contributed by atoms with Crippen LogP contribution in [0.1, 0.15) is 49.7 Å². The van der Waals surface area contributed by atoms with Crippen molar-refractivity contribution in [1.82, 2.24) is 0 Å². The summed E-state index contributed by atoms with van der Waals surface area (Å²) in [5, 5.41) is 0. The van der Waals surface area contributed by atoms with E-state index in [0.29, 0.717) is 24.0 Å². The molecule has 4 heteroatoms. The molecule has 0 fully saturated rings. The molecule has 0 atom stereocenters. The first-order valence-electron chi connectivity index (χ1n) is 8.83. The van der Waals surface area contributed by atoms with Gasteiger partial charge < -0.3 is 0 Å². The molecule has 0 nitrogen and oxygen atoms in total. The molecule has 0 N–H and O–H groups in total. The van der Waals surface area contributed by atoms with Crippen LogP contribution in [-0.4, -0.2) is 6.67 Å². The summed E-state index contributed by atoms with van der Waals surface area (Å²) in [7, 11) is 0. The quantitative estimate of drug-likeness (QED) is 0.339. The van der Waals surface area contributed by atoms with Crippen LogP contribution in [0.3, 0.4) is 0 Å². The number of hydrogen-bond acceptors (Lipinski definition) is 0. The fraction of sp³-hybridized carbons (Fsp3) is 0.429. The molecular weight excluding hydrogens is 328 g/mol. The highest BCUT2D eigenvalue weighted by Crippen LogP contribution is 2.29. The van der Waals surface area contributed by atoms with E-state index in [1.165, 1.54) is 24.3 Å². The van der Waals surface area contributed by atoms with Gasteiger partial charge in [-0.05, 0) is 61.1 Å². The van der Waals surface area contributed by atoms with E-state index in [1.54, 1.807) is 6.92 Å². The highest BCUT2D eigenvalue weighted by Gasteiger charge is 2.14. The Balaban J connectivity index is 1.98. The van der Waals surface area contributed by atoms with Gasteiger partial charge in [-0.3, -0.25) is 4.39 Å². The zero-order valence-electron chi connectivity index (χ0n) is 14.6. The Morgan fingerprint density at radius 2 is 1.32 bits per heavy atom. The van der Waals surface area contributed by atoms with Crippen molar-refractivity contribution in [3.8, 4) is 11.1 Å². The second-order valence-electron chi connectivity index (χ2n) is 6.46. The number of aryl methyl sites for hydroxylation is 2. The molecule has 0 amide bonds. The van der Waals surface area contributed by atoms with Crippen LogP contribution in [0.4, 0.5) is 17.6 Å². The fourth-order valence-electron chi connectivity index (χ4n) is 2.92. The van der Waals surface area contributed by atoms with Gasteiger partial charge in [-0.2, -0.15) is 0 Å². The normalized spacial score (nSPS) is 11.1. The van der Waals surface area contributed by atoms with Crippen LogP contribution >= 0.6 is 0 Å². The average Bonchev–Trinajstić information content (AvgIpc) is 2.56. The summed E-state index contributed by atoms with van der Waals surface area (Å²) in [4.78, 5) is 0.